The second-order valence-corrected chi connectivity index (χ2v) is 5.28. The predicted octanol–water partition coefficient (Wildman–Crippen LogP) is -0.107. The third kappa shape index (κ3) is 3.39. The van der Waals surface area contributed by atoms with Crippen LogP contribution in [0.4, 0.5) is 0 Å². The largest absolute Gasteiger partial charge is 0.375 e. The second kappa shape index (κ2) is 5.09. The van der Waals surface area contributed by atoms with Crippen LogP contribution in [-0.4, -0.2) is 13.5 Å². The van der Waals surface area contributed by atoms with Gasteiger partial charge in [0.2, 0.25) is 0 Å². The van der Waals surface area contributed by atoms with Gasteiger partial charge in [-0.15, -0.1) is 4.83 Å². The van der Waals surface area contributed by atoms with Gasteiger partial charge in [-0.05, 0) is 42.9 Å². The molecule has 1 aromatic rings. The third-order valence-electron chi connectivity index (χ3n) is 1.90. The standard InChI is InChI=1S/C9H10N4O2S2/c1-6-4-7(5-10)2-3-8(6)17(14,15)13-12-9(11)16/h2-4,13H,1H3,(H3,11,12,16). The molecule has 0 aliphatic heterocycles. The average molecular weight is 270 g/mol. The number of hydrogen-bond donors (Lipinski definition) is 3. The van der Waals surface area contributed by atoms with E-state index in [2.05, 4.69) is 17.6 Å². The van der Waals surface area contributed by atoms with Gasteiger partial charge in [0.15, 0.2) is 5.11 Å². The Morgan fingerprint density at radius 3 is 2.65 bits per heavy atom. The molecule has 0 heterocycles. The highest BCUT2D eigenvalue weighted by Crippen LogP contribution is 2.15. The SMILES string of the molecule is Cc1cc(C#N)ccc1S(=O)(=O)NNC(N)=S. The van der Waals surface area contributed by atoms with Crippen molar-refractivity contribution in [3.05, 3.63) is 29.3 Å². The van der Waals surface area contributed by atoms with Crippen molar-refractivity contribution in [2.45, 2.75) is 11.8 Å². The van der Waals surface area contributed by atoms with Crippen molar-refractivity contribution in [2.24, 2.45) is 5.73 Å². The first-order valence-corrected chi connectivity index (χ1v) is 6.34. The first-order chi connectivity index (χ1) is 7.86. The van der Waals surface area contributed by atoms with Crippen LogP contribution >= 0.6 is 12.2 Å². The minimum Gasteiger partial charge on any atom is -0.375 e. The van der Waals surface area contributed by atoms with Gasteiger partial charge in [0, 0.05) is 0 Å². The maximum absolute atomic E-state index is 11.8. The molecule has 0 unspecified atom stereocenters. The number of nitrogens with zero attached hydrogens (tertiary/aromatic N) is 1. The van der Waals surface area contributed by atoms with Crippen molar-refractivity contribution in [1.82, 2.24) is 10.3 Å². The lowest BCUT2D eigenvalue weighted by molar-refractivity contribution is 0.577. The zero-order valence-corrected chi connectivity index (χ0v) is 10.5. The van der Waals surface area contributed by atoms with E-state index >= 15 is 0 Å². The molecule has 0 bridgehead atoms. The molecule has 4 N–H and O–H groups in total. The van der Waals surface area contributed by atoms with E-state index < -0.39 is 10.0 Å². The van der Waals surface area contributed by atoms with Crippen LogP contribution in [0.15, 0.2) is 23.1 Å². The quantitative estimate of drug-likeness (QED) is 0.522. The highest BCUT2D eigenvalue weighted by Gasteiger charge is 2.16. The van der Waals surface area contributed by atoms with E-state index in [0.717, 1.165) is 0 Å². The van der Waals surface area contributed by atoms with Gasteiger partial charge >= 0.3 is 0 Å². The van der Waals surface area contributed by atoms with E-state index in [1.165, 1.54) is 18.2 Å². The molecule has 0 aromatic heterocycles. The fourth-order valence-corrected chi connectivity index (χ4v) is 2.39. The third-order valence-corrected chi connectivity index (χ3v) is 3.41. The highest BCUT2D eigenvalue weighted by molar-refractivity contribution is 7.89. The molecule has 0 fully saturated rings. The first-order valence-electron chi connectivity index (χ1n) is 4.45. The van der Waals surface area contributed by atoms with Gasteiger partial charge in [-0.1, -0.05) is 0 Å². The van der Waals surface area contributed by atoms with Gasteiger partial charge in [0.1, 0.15) is 0 Å². The Morgan fingerprint density at radius 1 is 1.53 bits per heavy atom. The molecule has 0 saturated heterocycles. The van der Waals surface area contributed by atoms with E-state index in [-0.39, 0.29) is 10.0 Å². The van der Waals surface area contributed by atoms with Crippen LogP contribution in [0.5, 0.6) is 0 Å². The predicted molar refractivity (Wildman–Crippen MR) is 66.1 cm³/mol. The number of hydrazine groups is 1. The van der Waals surface area contributed by atoms with Crippen LogP contribution in [0.2, 0.25) is 0 Å². The van der Waals surface area contributed by atoms with Gasteiger partial charge in [-0.2, -0.15) is 5.26 Å². The molecule has 1 aromatic carbocycles. The van der Waals surface area contributed by atoms with Crippen molar-refractivity contribution in [3.63, 3.8) is 0 Å². The smallest absolute Gasteiger partial charge is 0.257 e. The second-order valence-electron chi connectivity index (χ2n) is 3.19. The molecular formula is C9H10N4O2S2. The summed E-state index contributed by atoms with van der Waals surface area (Å²) in [6.07, 6.45) is 0. The van der Waals surface area contributed by atoms with E-state index in [1.807, 2.05) is 10.9 Å². The number of nitriles is 1. The highest BCUT2D eigenvalue weighted by atomic mass is 32.2. The number of rotatable bonds is 3. The molecule has 0 saturated carbocycles. The van der Waals surface area contributed by atoms with Crippen molar-refractivity contribution >= 4 is 27.4 Å². The first kappa shape index (κ1) is 13.4. The van der Waals surface area contributed by atoms with Crippen LogP contribution in [-0.2, 0) is 10.0 Å². The number of thiocarbonyl (C=S) groups is 1. The summed E-state index contributed by atoms with van der Waals surface area (Å²) >= 11 is 4.48. The summed E-state index contributed by atoms with van der Waals surface area (Å²) < 4.78 is 23.6. The number of nitrogens with two attached hydrogens (primary N) is 1. The molecule has 0 atom stereocenters. The minimum atomic E-state index is -3.75. The summed E-state index contributed by atoms with van der Waals surface area (Å²) in [6.45, 7) is 1.59. The normalized spacial score (nSPS) is 10.6. The van der Waals surface area contributed by atoms with Gasteiger partial charge in [0.25, 0.3) is 10.0 Å². The number of nitrogens with one attached hydrogen (secondary N) is 2. The molecule has 6 nitrogen and oxygen atoms in total. The Kier molecular flexibility index (Phi) is 4.01. The molecule has 0 spiro atoms. The lowest BCUT2D eigenvalue weighted by Gasteiger charge is -2.09. The van der Waals surface area contributed by atoms with Gasteiger partial charge in [0.05, 0.1) is 16.5 Å². The molecule has 17 heavy (non-hydrogen) atoms. The van der Waals surface area contributed by atoms with Gasteiger partial charge in [-0.25, -0.2) is 8.42 Å². The fraction of sp³-hybridized carbons (Fsp3) is 0.111. The van der Waals surface area contributed by atoms with Crippen LogP contribution < -0.4 is 16.0 Å². The Morgan fingerprint density at radius 2 is 2.18 bits per heavy atom. The lowest BCUT2D eigenvalue weighted by atomic mass is 10.2. The molecule has 0 aliphatic carbocycles. The molecule has 0 aliphatic rings. The van der Waals surface area contributed by atoms with Crippen LogP contribution in [0.25, 0.3) is 0 Å². The average Bonchev–Trinajstić information content (AvgIpc) is 2.26. The van der Waals surface area contributed by atoms with E-state index in [4.69, 9.17) is 11.0 Å². The lowest BCUT2D eigenvalue weighted by Crippen LogP contribution is -2.44. The molecular weight excluding hydrogens is 260 g/mol. The van der Waals surface area contributed by atoms with E-state index in [1.54, 1.807) is 6.92 Å². The topological polar surface area (TPSA) is 108 Å². The van der Waals surface area contributed by atoms with Crippen LogP contribution in [0, 0.1) is 18.3 Å². The maximum Gasteiger partial charge on any atom is 0.257 e. The number of benzene rings is 1. The summed E-state index contributed by atoms with van der Waals surface area (Å²) in [7, 11) is -3.75. The molecule has 0 amide bonds. The monoisotopic (exact) mass is 270 g/mol. The van der Waals surface area contributed by atoms with Crippen LogP contribution in [0.1, 0.15) is 11.1 Å². The summed E-state index contributed by atoms with van der Waals surface area (Å²) in [5, 5.41) is 8.49. The molecule has 90 valence electrons. The number of aryl methyl sites for hydroxylation is 1. The summed E-state index contributed by atoms with van der Waals surface area (Å²) in [6, 6.07) is 6.17. The van der Waals surface area contributed by atoms with E-state index in [9.17, 15) is 8.42 Å². The van der Waals surface area contributed by atoms with Crippen molar-refractivity contribution < 1.29 is 8.42 Å². The summed E-state index contributed by atoms with van der Waals surface area (Å²) in [5.41, 5.74) is 8.11. The Labute approximate surface area is 104 Å². The summed E-state index contributed by atoms with van der Waals surface area (Å²) in [4.78, 5) is 2.08. The Hall–Kier alpha value is -1.69. The van der Waals surface area contributed by atoms with Crippen molar-refractivity contribution in [2.75, 3.05) is 0 Å². The van der Waals surface area contributed by atoms with Gasteiger partial charge in [-0.3, -0.25) is 5.43 Å². The zero-order valence-electron chi connectivity index (χ0n) is 8.89. The Balaban J connectivity index is 3.08. The zero-order chi connectivity index (χ0) is 13.1. The van der Waals surface area contributed by atoms with Crippen molar-refractivity contribution in [1.29, 1.82) is 5.26 Å². The Bertz CT molecular complexity index is 590. The fourth-order valence-electron chi connectivity index (χ4n) is 1.19. The van der Waals surface area contributed by atoms with Crippen molar-refractivity contribution in [3.8, 4) is 6.07 Å². The molecule has 1 rings (SSSR count). The molecule has 0 radical (unpaired) electrons. The minimum absolute atomic E-state index is 0.0558. The maximum atomic E-state index is 11.8. The number of sulfonamides is 1. The van der Waals surface area contributed by atoms with E-state index in [0.29, 0.717) is 11.1 Å². The number of hydrogen-bond acceptors (Lipinski definition) is 4. The summed E-state index contributed by atoms with van der Waals surface area (Å²) in [5.74, 6) is 0. The molecule has 8 heteroatoms. The van der Waals surface area contributed by atoms with Crippen LogP contribution in [0.3, 0.4) is 0 Å². The van der Waals surface area contributed by atoms with Gasteiger partial charge < -0.3 is 5.73 Å².